The van der Waals surface area contributed by atoms with Crippen LogP contribution in [-0.4, -0.2) is 55.1 Å². The van der Waals surface area contributed by atoms with E-state index in [1.54, 1.807) is 4.90 Å². The van der Waals surface area contributed by atoms with Crippen molar-refractivity contribution in [1.29, 1.82) is 0 Å². The van der Waals surface area contributed by atoms with Crippen LogP contribution in [-0.2, 0) is 9.53 Å². The fraction of sp³-hybridized carbons (Fsp3) is 0.889. The topological polar surface area (TPSA) is 41.6 Å². The highest BCUT2D eigenvalue weighted by atomic mass is 35.5. The molecule has 2 rings (SSSR count). The third-order valence-corrected chi connectivity index (χ3v) is 3.15. The summed E-state index contributed by atoms with van der Waals surface area (Å²) in [6, 6.07) is 0. The van der Waals surface area contributed by atoms with Crippen LogP contribution in [0.2, 0.25) is 0 Å². The molecule has 1 atom stereocenters. The summed E-state index contributed by atoms with van der Waals surface area (Å²) in [7, 11) is 0. The van der Waals surface area contributed by atoms with Gasteiger partial charge in [0.2, 0.25) is 5.91 Å². The maximum absolute atomic E-state index is 11.4. The van der Waals surface area contributed by atoms with Gasteiger partial charge >= 0.3 is 0 Å². The van der Waals surface area contributed by atoms with Crippen molar-refractivity contribution in [3.05, 3.63) is 0 Å². The van der Waals surface area contributed by atoms with Crippen LogP contribution >= 0.6 is 11.6 Å². The minimum Gasteiger partial charge on any atom is -0.370 e. The normalized spacial score (nSPS) is 32.5. The average molecular weight is 219 g/mol. The number of rotatable bonds is 1. The monoisotopic (exact) mass is 218 g/mol. The molecule has 5 heteroatoms. The van der Waals surface area contributed by atoms with Crippen LogP contribution in [0.25, 0.3) is 0 Å². The average Bonchev–Trinajstić information content (AvgIpc) is 2.62. The smallest absolute Gasteiger partial charge is 0.237 e. The van der Waals surface area contributed by atoms with E-state index in [0.29, 0.717) is 6.54 Å². The summed E-state index contributed by atoms with van der Waals surface area (Å²) < 4.78 is 5.75. The van der Waals surface area contributed by atoms with Gasteiger partial charge in [0.25, 0.3) is 0 Å². The van der Waals surface area contributed by atoms with Crippen molar-refractivity contribution in [2.24, 2.45) is 0 Å². The molecule has 1 unspecified atom stereocenters. The number of ether oxygens (including phenoxy) is 1. The molecule has 0 aliphatic carbocycles. The lowest BCUT2D eigenvalue weighted by Gasteiger charge is -2.33. The van der Waals surface area contributed by atoms with Crippen molar-refractivity contribution in [2.45, 2.75) is 12.0 Å². The second-order valence-corrected chi connectivity index (χ2v) is 4.17. The van der Waals surface area contributed by atoms with E-state index < -0.39 is 0 Å². The predicted molar refractivity (Wildman–Crippen MR) is 53.5 cm³/mol. The van der Waals surface area contributed by atoms with Crippen molar-refractivity contribution in [2.75, 3.05) is 38.7 Å². The maximum atomic E-state index is 11.4. The Kier molecular flexibility index (Phi) is 2.95. The van der Waals surface area contributed by atoms with E-state index in [4.69, 9.17) is 16.3 Å². The van der Waals surface area contributed by atoms with Crippen LogP contribution in [0, 0.1) is 0 Å². The lowest BCUT2D eigenvalue weighted by molar-refractivity contribution is -0.129. The van der Waals surface area contributed by atoms with Crippen LogP contribution in [0.1, 0.15) is 6.42 Å². The van der Waals surface area contributed by atoms with Gasteiger partial charge in [0.05, 0.1) is 18.8 Å². The van der Waals surface area contributed by atoms with Crippen LogP contribution in [0.5, 0.6) is 0 Å². The SMILES string of the molecule is O=C(CCl)N1CCC2(CNCCO2)C1. The minimum atomic E-state index is -0.139. The number of likely N-dealkylation sites (tertiary alicyclic amines) is 1. The molecule has 0 aromatic heterocycles. The molecular formula is C9H15ClN2O2. The van der Waals surface area contributed by atoms with Crippen LogP contribution < -0.4 is 5.32 Å². The molecule has 2 heterocycles. The third kappa shape index (κ3) is 1.87. The molecule has 0 bridgehead atoms. The predicted octanol–water partition coefficient (Wildman–Crippen LogP) is -0.184. The zero-order valence-corrected chi connectivity index (χ0v) is 8.85. The molecule has 1 spiro atoms. The van der Waals surface area contributed by atoms with Gasteiger partial charge in [0, 0.05) is 19.6 Å². The zero-order valence-electron chi connectivity index (χ0n) is 8.09. The molecule has 80 valence electrons. The van der Waals surface area contributed by atoms with E-state index >= 15 is 0 Å². The number of nitrogens with zero attached hydrogens (tertiary/aromatic N) is 1. The lowest BCUT2D eigenvalue weighted by Crippen LogP contribution is -2.51. The van der Waals surface area contributed by atoms with Crippen molar-refractivity contribution < 1.29 is 9.53 Å². The van der Waals surface area contributed by atoms with Gasteiger partial charge < -0.3 is 15.0 Å². The van der Waals surface area contributed by atoms with Gasteiger partial charge in [0.15, 0.2) is 0 Å². The summed E-state index contributed by atoms with van der Waals surface area (Å²) in [6.45, 7) is 3.95. The Morgan fingerprint density at radius 2 is 2.50 bits per heavy atom. The van der Waals surface area contributed by atoms with Crippen molar-refractivity contribution in [3.8, 4) is 0 Å². The molecule has 0 radical (unpaired) electrons. The van der Waals surface area contributed by atoms with Crippen molar-refractivity contribution in [3.63, 3.8) is 0 Å². The summed E-state index contributed by atoms with van der Waals surface area (Å²) >= 11 is 5.51. The molecular weight excluding hydrogens is 204 g/mol. The molecule has 0 aromatic rings. The second-order valence-electron chi connectivity index (χ2n) is 3.91. The highest BCUT2D eigenvalue weighted by Crippen LogP contribution is 2.26. The molecule has 1 N–H and O–H groups in total. The molecule has 0 aromatic carbocycles. The fourth-order valence-electron chi connectivity index (χ4n) is 2.11. The van der Waals surface area contributed by atoms with E-state index in [9.17, 15) is 4.79 Å². The number of halogens is 1. The first-order valence-corrected chi connectivity index (χ1v) is 5.48. The summed E-state index contributed by atoms with van der Waals surface area (Å²) in [5.74, 6) is 0.0847. The number of carbonyl (C=O) groups is 1. The maximum Gasteiger partial charge on any atom is 0.237 e. The van der Waals surface area contributed by atoms with Crippen LogP contribution in [0.3, 0.4) is 0 Å². The van der Waals surface area contributed by atoms with E-state index in [1.165, 1.54) is 0 Å². The Morgan fingerprint density at radius 1 is 1.64 bits per heavy atom. The van der Waals surface area contributed by atoms with Gasteiger partial charge in [-0.05, 0) is 6.42 Å². The highest BCUT2D eigenvalue weighted by Gasteiger charge is 2.41. The Morgan fingerprint density at radius 3 is 3.14 bits per heavy atom. The van der Waals surface area contributed by atoms with E-state index in [2.05, 4.69) is 5.32 Å². The number of hydrogen-bond donors (Lipinski definition) is 1. The largest absolute Gasteiger partial charge is 0.370 e. The molecule has 2 saturated heterocycles. The van der Waals surface area contributed by atoms with E-state index in [1.807, 2.05) is 0 Å². The number of carbonyl (C=O) groups excluding carboxylic acids is 1. The quantitative estimate of drug-likeness (QED) is 0.621. The molecule has 2 aliphatic rings. The minimum absolute atomic E-state index is 0.0118. The number of hydrogen-bond acceptors (Lipinski definition) is 3. The number of amides is 1. The fourth-order valence-corrected chi connectivity index (χ4v) is 2.28. The first kappa shape index (κ1) is 10.2. The number of nitrogens with one attached hydrogen (secondary N) is 1. The molecule has 2 aliphatic heterocycles. The van der Waals surface area contributed by atoms with Gasteiger partial charge in [-0.25, -0.2) is 0 Å². The molecule has 0 saturated carbocycles. The summed E-state index contributed by atoms with van der Waals surface area (Å²) in [5, 5.41) is 3.30. The Balaban J connectivity index is 1.95. The highest BCUT2D eigenvalue weighted by molar-refractivity contribution is 6.27. The summed E-state index contributed by atoms with van der Waals surface area (Å²) in [6.07, 6.45) is 0.919. The van der Waals surface area contributed by atoms with Crippen molar-refractivity contribution >= 4 is 17.5 Å². The zero-order chi connectivity index (χ0) is 10.0. The molecule has 2 fully saturated rings. The first-order valence-electron chi connectivity index (χ1n) is 4.94. The van der Waals surface area contributed by atoms with Gasteiger partial charge in [0.1, 0.15) is 5.88 Å². The Labute approximate surface area is 88.5 Å². The standard InChI is InChI=1S/C9H15ClN2O2/c10-5-8(13)12-3-1-9(7-12)6-11-2-4-14-9/h11H,1-7H2. The molecule has 4 nitrogen and oxygen atoms in total. The third-order valence-electron chi connectivity index (χ3n) is 2.92. The first-order chi connectivity index (χ1) is 6.76. The van der Waals surface area contributed by atoms with Gasteiger partial charge in [-0.1, -0.05) is 0 Å². The molecule has 1 amide bonds. The Bertz CT molecular complexity index is 229. The summed E-state index contributed by atoms with van der Waals surface area (Å²) in [5.41, 5.74) is -0.139. The number of alkyl halides is 1. The van der Waals surface area contributed by atoms with Crippen LogP contribution in [0.4, 0.5) is 0 Å². The van der Waals surface area contributed by atoms with Gasteiger partial charge in [-0.15, -0.1) is 11.6 Å². The molecule has 14 heavy (non-hydrogen) atoms. The van der Waals surface area contributed by atoms with E-state index in [0.717, 1.165) is 32.7 Å². The summed E-state index contributed by atoms with van der Waals surface area (Å²) in [4.78, 5) is 13.1. The number of morpholine rings is 1. The van der Waals surface area contributed by atoms with Gasteiger partial charge in [-0.2, -0.15) is 0 Å². The van der Waals surface area contributed by atoms with Gasteiger partial charge in [-0.3, -0.25) is 4.79 Å². The lowest BCUT2D eigenvalue weighted by atomic mass is 10.0. The second kappa shape index (κ2) is 4.04. The van der Waals surface area contributed by atoms with Crippen LogP contribution in [0.15, 0.2) is 0 Å². The van der Waals surface area contributed by atoms with E-state index in [-0.39, 0.29) is 17.4 Å². The van der Waals surface area contributed by atoms with Crippen molar-refractivity contribution in [1.82, 2.24) is 10.2 Å². The Hall–Kier alpha value is -0.320.